The summed E-state index contributed by atoms with van der Waals surface area (Å²) in [6, 6.07) is 3.96. The molecule has 13 heavy (non-hydrogen) atoms. The van der Waals surface area contributed by atoms with Crippen molar-refractivity contribution in [2.45, 2.75) is 25.4 Å². The molecule has 2 rings (SSSR count). The third-order valence-corrected chi connectivity index (χ3v) is 4.36. The molecule has 3 heteroatoms. The van der Waals surface area contributed by atoms with Crippen LogP contribution in [0.3, 0.4) is 0 Å². The molecule has 0 spiro atoms. The number of rotatable bonds is 3. The van der Waals surface area contributed by atoms with Gasteiger partial charge in [0.1, 0.15) is 5.60 Å². The van der Waals surface area contributed by atoms with Gasteiger partial charge >= 0.3 is 0 Å². The molecule has 0 amide bonds. The molecule has 1 heterocycles. The van der Waals surface area contributed by atoms with Crippen molar-refractivity contribution in [3.63, 3.8) is 0 Å². The fourth-order valence-electron chi connectivity index (χ4n) is 1.86. The average Bonchev–Trinajstić information content (AvgIpc) is 2.72. The molecular formula is C10H15NOS. The topological polar surface area (TPSA) is 46.2 Å². The van der Waals surface area contributed by atoms with Gasteiger partial charge in [-0.1, -0.05) is 6.07 Å². The minimum absolute atomic E-state index is 0.0438. The highest BCUT2D eigenvalue weighted by molar-refractivity contribution is 7.10. The van der Waals surface area contributed by atoms with Gasteiger partial charge in [-0.15, -0.1) is 11.3 Å². The lowest BCUT2D eigenvalue weighted by Gasteiger charge is -2.31. The van der Waals surface area contributed by atoms with Crippen LogP contribution < -0.4 is 5.73 Å². The van der Waals surface area contributed by atoms with E-state index in [1.165, 1.54) is 0 Å². The van der Waals surface area contributed by atoms with Crippen LogP contribution in [0.5, 0.6) is 0 Å². The van der Waals surface area contributed by atoms with Gasteiger partial charge in [0.2, 0.25) is 0 Å². The summed E-state index contributed by atoms with van der Waals surface area (Å²) in [4.78, 5) is 1.04. The van der Waals surface area contributed by atoms with Gasteiger partial charge in [-0.05, 0) is 31.2 Å². The quantitative estimate of drug-likeness (QED) is 0.774. The first-order valence-corrected chi connectivity index (χ1v) is 5.47. The minimum Gasteiger partial charge on any atom is -0.384 e. The summed E-state index contributed by atoms with van der Waals surface area (Å²) in [6.45, 7) is 2.47. The second-order valence-electron chi connectivity index (χ2n) is 4.03. The van der Waals surface area contributed by atoms with Crippen LogP contribution in [0, 0.1) is 5.41 Å². The van der Waals surface area contributed by atoms with Gasteiger partial charge in [-0.25, -0.2) is 0 Å². The van der Waals surface area contributed by atoms with E-state index >= 15 is 0 Å². The summed E-state index contributed by atoms with van der Waals surface area (Å²) in [7, 11) is 0. The summed E-state index contributed by atoms with van der Waals surface area (Å²) < 4.78 is 0. The van der Waals surface area contributed by atoms with Gasteiger partial charge in [0.05, 0.1) is 0 Å². The lowest BCUT2D eigenvalue weighted by Crippen LogP contribution is -2.37. The van der Waals surface area contributed by atoms with Crippen molar-refractivity contribution in [3.8, 4) is 0 Å². The zero-order valence-electron chi connectivity index (χ0n) is 7.79. The molecule has 1 aliphatic carbocycles. The maximum atomic E-state index is 10.4. The monoisotopic (exact) mass is 197 g/mol. The van der Waals surface area contributed by atoms with Crippen LogP contribution in [0.25, 0.3) is 0 Å². The van der Waals surface area contributed by atoms with Crippen molar-refractivity contribution in [3.05, 3.63) is 22.4 Å². The molecule has 0 saturated heterocycles. The second kappa shape index (κ2) is 2.80. The minimum atomic E-state index is -0.726. The van der Waals surface area contributed by atoms with Crippen LogP contribution in [-0.4, -0.2) is 11.7 Å². The summed E-state index contributed by atoms with van der Waals surface area (Å²) in [5.74, 6) is 0. The Balaban J connectivity index is 2.31. The molecule has 1 aromatic rings. The molecule has 1 aliphatic rings. The Labute approximate surface area is 82.4 Å². The van der Waals surface area contributed by atoms with Crippen molar-refractivity contribution >= 4 is 11.3 Å². The van der Waals surface area contributed by atoms with Crippen molar-refractivity contribution in [2.75, 3.05) is 6.54 Å². The maximum Gasteiger partial charge on any atom is 0.103 e. The third kappa shape index (κ3) is 1.23. The normalized spacial score (nSPS) is 23.9. The molecule has 0 aliphatic heterocycles. The van der Waals surface area contributed by atoms with E-state index in [4.69, 9.17) is 5.73 Å². The molecule has 0 bridgehead atoms. The summed E-state index contributed by atoms with van der Waals surface area (Å²) in [5.41, 5.74) is 4.94. The Morgan fingerprint density at radius 2 is 2.38 bits per heavy atom. The zero-order chi connectivity index (χ0) is 9.53. The van der Waals surface area contributed by atoms with Gasteiger partial charge in [0, 0.05) is 16.8 Å². The summed E-state index contributed by atoms with van der Waals surface area (Å²) >= 11 is 1.61. The number of hydrogen-bond donors (Lipinski definition) is 2. The van der Waals surface area contributed by atoms with E-state index in [0.29, 0.717) is 6.54 Å². The summed E-state index contributed by atoms with van der Waals surface area (Å²) in [5, 5.41) is 12.4. The molecule has 0 radical (unpaired) electrons. The Morgan fingerprint density at radius 3 is 2.77 bits per heavy atom. The molecule has 0 aromatic carbocycles. The fraction of sp³-hybridized carbons (Fsp3) is 0.600. The van der Waals surface area contributed by atoms with Crippen LogP contribution in [0.4, 0.5) is 0 Å². The van der Waals surface area contributed by atoms with Gasteiger partial charge in [-0.2, -0.15) is 0 Å². The zero-order valence-corrected chi connectivity index (χ0v) is 8.60. The standard InChI is InChI=1S/C10H15NOS/c1-9(12,8-3-2-6-13-8)10(7-11)4-5-10/h2-3,6,12H,4-5,7,11H2,1H3. The van der Waals surface area contributed by atoms with Gasteiger partial charge < -0.3 is 10.8 Å². The molecule has 3 N–H and O–H groups in total. The highest BCUT2D eigenvalue weighted by Crippen LogP contribution is 2.58. The Hall–Kier alpha value is -0.380. The number of aliphatic hydroxyl groups is 1. The van der Waals surface area contributed by atoms with Crippen LogP contribution >= 0.6 is 11.3 Å². The van der Waals surface area contributed by atoms with E-state index in [-0.39, 0.29) is 5.41 Å². The predicted molar refractivity (Wildman–Crippen MR) is 54.6 cm³/mol. The van der Waals surface area contributed by atoms with E-state index < -0.39 is 5.60 Å². The first-order valence-electron chi connectivity index (χ1n) is 4.59. The number of nitrogens with two attached hydrogens (primary N) is 1. The molecule has 1 unspecified atom stereocenters. The SMILES string of the molecule is CC(O)(c1cccs1)C1(CN)CC1. The van der Waals surface area contributed by atoms with Gasteiger partial charge in [-0.3, -0.25) is 0 Å². The molecule has 2 nitrogen and oxygen atoms in total. The molecule has 1 fully saturated rings. The first kappa shape index (κ1) is 9.19. The highest BCUT2D eigenvalue weighted by Gasteiger charge is 2.56. The summed E-state index contributed by atoms with van der Waals surface area (Å²) in [6.07, 6.45) is 2.10. The number of hydrogen-bond acceptors (Lipinski definition) is 3. The smallest absolute Gasteiger partial charge is 0.103 e. The van der Waals surface area contributed by atoms with Crippen molar-refractivity contribution < 1.29 is 5.11 Å². The molecule has 1 atom stereocenters. The Morgan fingerprint density at radius 1 is 1.69 bits per heavy atom. The highest BCUT2D eigenvalue weighted by atomic mass is 32.1. The van der Waals surface area contributed by atoms with Crippen LogP contribution in [0.1, 0.15) is 24.6 Å². The largest absolute Gasteiger partial charge is 0.384 e. The average molecular weight is 197 g/mol. The lowest BCUT2D eigenvalue weighted by molar-refractivity contribution is -0.0136. The molecule has 1 saturated carbocycles. The third-order valence-electron chi connectivity index (χ3n) is 3.28. The fourth-order valence-corrected chi connectivity index (χ4v) is 2.76. The van der Waals surface area contributed by atoms with Crippen LogP contribution in [0.15, 0.2) is 17.5 Å². The predicted octanol–water partition coefficient (Wildman–Crippen LogP) is 1.69. The maximum absolute atomic E-state index is 10.4. The van der Waals surface area contributed by atoms with E-state index in [9.17, 15) is 5.11 Å². The molecule has 72 valence electrons. The second-order valence-corrected chi connectivity index (χ2v) is 4.98. The van der Waals surface area contributed by atoms with Crippen molar-refractivity contribution in [1.82, 2.24) is 0 Å². The van der Waals surface area contributed by atoms with E-state index in [1.54, 1.807) is 11.3 Å². The van der Waals surface area contributed by atoms with E-state index in [0.717, 1.165) is 17.7 Å². The Bertz CT molecular complexity index is 288. The molecule has 1 aromatic heterocycles. The lowest BCUT2D eigenvalue weighted by atomic mass is 9.84. The number of thiophene rings is 1. The van der Waals surface area contributed by atoms with Crippen molar-refractivity contribution in [2.24, 2.45) is 11.1 Å². The van der Waals surface area contributed by atoms with E-state index in [1.807, 2.05) is 24.4 Å². The van der Waals surface area contributed by atoms with Crippen molar-refractivity contribution in [1.29, 1.82) is 0 Å². The van der Waals surface area contributed by atoms with E-state index in [2.05, 4.69) is 0 Å². The van der Waals surface area contributed by atoms with Crippen LogP contribution in [-0.2, 0) is 5.60 Å². The molecular weight excluding hydrogens is 182 g/mol. The van der Waals surface area contributed by atoms with Gasteiger partial charge in [0.15, 0.2) is 0 Å². The van der Waals surface area contributed by atoms with Gasteiger partial charge in [0.25, 0.3) is 0 Å². The van der Waals surface area contributed by atoms with Crippen LogP contribution in [0.2, 0.25) is 0 Å². The first-order chi connectivity index (χ1) is 6.12. The Kier molecular flexibility index (Phi) is 1.98.